The van der Waals surface area contributed by atoms with Crippen LogP contribution in [0.25, 0.3) is 0 Å². The van der Waals surface area contributed by atoms with Crippen LogP contribution < -0.4 is 4.74 Å². The second kappa shape index (κ2) is 19.6. The van der Waals surface area contributed by atoms with Crippen LogP contribution >= 0.6 is 7.82 Å². The van der Waals surface area contributed by atoms with Crippen LogP contribution in [0.1, 0.15) is 18.4 Å². The normalized spacial score (nSPS) is 31.7. The van der Waals surface area contributed by atoms with Crippen LogP contribution in [0.3, 0.4) is 0 Å². The van der Waals surface area contributed by atoms with E-state index in [-0.39, 0.29) is 19.8 Å². The molecule has 0 bridgehead atoms. The van der Waals surface area contributed by atoms with Gasteiger partial charge in [0.05, 0.1) is 38.6 Å². The van der Waals surface area contributed by atoms with Gasteiger partial charge in [0.2, 0.25) is 6.29 Å². The van der Waals surface area contributed by atoms with Gasteiger partial charge in [-0.15, -0.1) is 0 Å². The number of carboxylic acid groups (broad SMARTS) is 1. The van der Waals surface area contributed by atoms with Gasteiger partial charge in [-0.3, -0.25) is 0 Å². The average Bonchev–Trinajstić information content (AvgIpc) is 2.95. The van der Waals surface area contributed by atoms with Crippen LogP contribution in [0.2, 0.25) is 0 Å². The van der Waals surface area contributed by atoms with Gasteiger partial charge < -0.3 is 90.5 Å². The fourth-order valence-electron chi connectivity index (χ4n) is 3.54. The SMILES string of the molecule is O=C(O)C1(O)CC(O)C(O)[C@H](O)C1.O=P(O)(O)O.OCC(O)CO.OCc1ccccc1O[C@@H]1O[C@H](CO)[C@@H](O)[C@H](O)[C@H]1O. The number of carbonyl (C=O) groups is 1. The molecule has 1 heterocycles. The Morgan fingerprint density at radius 2 is 1.36 bits per heavy atom. The van der Waals surface area contributed by atoms with Crippen molar-refractivity contribution in [2.75, 3.05) is 19.8 Å². The van der Waals surface area contributed by atoms with Gasteiger partial charge in [0.15, 0.2) is 5.60 Å². The smallest absolute Gasteiger partial charge is 0.466 e. The Kier molecular flexibility index (Phi) is 18.7. The molecule has 1 aliphatic carbocycles. The maximum Gasteiger partial charge on any atom is 0.466 e. The molecule has 2 aliphatic rings. The highest BCUT2D eigenvalue weighted by atomic mass is 31.2. The molecule has 16 N–H and O–H groups in total. The number of hydrogen-bond donors (Lipinski definition) is 16. The van der Waals surface area contributed by atoms with Gasteiger partial charge in [0.1, 0.15) is 42.4 Å². The summed E-state index contributed by atoms with van der Waals surface area (Å²) >= 11 is 0. The summed E-state index contributed by atoms with van der Waals surface area (Å²) < 4.78 is 19.5. The third kappa shape index (κ3) is 14.5. The van der Waals surface area contributed by atoms with E-state index in [9.17, 15) is 30.3 Å². The zero-order valence-corrected chi connectivity index (χ0v) is 23.9. The summed E-state index contributed by atoms with van der Waals surface area (Å²) in [5.74, 6) is -1.21. The van der Waals surface area contributed by atoms with Crippen molar-refractivity contribution in [3.63, 3.8) is 0 Å². The number of phosphoric acid groups is 1. The highest BCUT2D eigenvalue weighted by molar-refractivity contribution is 7.45. The molecule has 0 spiro atoms. The standard InChI is InChI=1S/C13H18O7.C7H12O6.C3H8O3.H3O4P/c14-5-7-3-1-2-4-8(7)19-13-12(18)11(17)10(16)9(6-15)20-13;8-3-1-7(13,6(11)12)2-4(9)5(3)10;4-1-3(6)2-5;1-5(2,3)4/h1-4,9-18H,5-6H2;3-5,8-10,13H,1-2H2,(H,11,12);3-6H,1-2H2;(H3,1,2,3,4)/t9-,10-,11+,12-,13-;3-,4?,5?,7?;;/m11../s1. The summed E-state index contributed by atoms with van der Waals surface area (Å²) in [6.45, 7) is -1.51. The Morgan fingerprint density at radius 3 is 1.75 bits per heavy atom. The zero-order valence-electron chi connectivity index (χ0n) is 23.0. The molecule has 44 heavy (non-hydrogen) atoms. The van der Waals surface area contributed by atoms with Gasteiger partial charge in [-0.25, -0.2) is 9.36 Å². The number of benzene rings is 1. The molecule has 1 saturated heterocycles. The molecular weight excluding hydrogens is 627 g/mol. The van der Waals surface area contributed by atoms with E-state index in [1.54, 1.807) is 24.3 Å². The third-order valence-electron chi connectivity index (χ3n) is 5.94. The van der Waals surface area contributed by atoms with Crippen molar-refractivity contribution < 1.29 is 99.9 Å². The van der Waals surface area contributed by atoms with Crippen molar-refractivity contribution in [1.29, 1.82) is 0 Å². The summed E-state index contributed by atoms with van der Waals surface area (Å²) in [5.41, 5.74) is -1.65. The van der Waals surface area contributed by atoms with E-state index in [1.165, 1.54) is 0 Å². The number of ether oxygens (including phenoxy) is 2. The molecule has 1 saturated carbocycles. The van der Waals surface area contributed by atoms with E-state index in [2.05, 4.69) is 0 Å². The van der Waals surface area contributed by atoms with Crippen LogP contribution in [0.5, 0.6) is 5.75 Å². The van der Waals surface area contributed by atoms with E-state index >= 15 is 0 Å². The van der Waals surface area contributed by atoms with Crippen LogP contribution in [-0.4, -0.2) is 168 Å². The van der Waals surface area contributed by atoms with E-state index in [0.717, 1.165) is 0 Å². The summed E-state index contributed by atoms with van der Waals surface area (Å²) in [4.78, 5) is 32.1. The van der Waals surface area contributed by atoms with E-state index in [1.807, 2.05) is 0 Å². The maximum absolute atomic E-state index is 10.5. The second-order valence-electron chi connectivity index (χ2n) is 9.48. The first kappa shape index (κ1) is 42.1. The number of aliphatic hydroxyl groups excluding tert-OH is 11. The Balaban J connectivity index is 0.000000657. The van der Waals surface area contributed by atoms with Gasteiger partial charge in [-0.05, 0) is 6.07 Å². The predicted octanol–water partition coefficient (Wildman–Crippen LogP) is -6.56. The van der Waals surface area contributed by atoms with Crippen molar-refractivity contribution in [2.24, 2.45) is 0 Å². The first-order chi connectivity index (χ1) is 20.3. The van der Waals surface area contributed by atoms with E-state index < -0.39 is 94.0 Å². The topological polar surface area (TPSA) is 376 Å². The number of aliphatic hydroxyl groups is 12. The number of hydrogen-bond acceptors (Lipinski definition) is 16. The molecule has 0 aromatic heterocycles. The predicted molar refractivity (Wildman–Crippen MR) is 141 cm³/mol. The fourth-order valence-corrected chi connectivity index (χ4v) is 3.54. The molecule has 258 valence electrons. The van der Waals surface area contributed by atoms with Crippen molar-refractivity contribution in [2.45, 2.75) is 80.2 Å². The zero-order chi connectivity index (χ0) is 34.4. The van der Waals surface area contributed by atoms with Gasteiger partial charge in [-0.2, -0.15) is 0 Å². The average molecular weight is 669 g/mol. The van der Waals surface area contributed by atoms with Crippen LogP contribution in [0.4, 0.5) is 0 Å². The molecule has 0 radical (unpaired) electrons. The Morgan fingerprint density at radius 1 is 0.886 bits per heavy atom. The first-order valence-corrected chi connectivity index (χ1v) is 14.2. The molecule has 3 unspecified atom stereocenters. The van der Waals surface area contributed by atoms with Crippen molar-refractivity contribution in [3.05, 3.63) is 29.8 Å². The largest absolute Gasteiger partial charge is 0.479 e. The van der Waals surface area contributed by atoms with E-state index in [4.69, 9.17) is 69.6 Å². The third-order valence-corrected chi connectivity index (χ3v) is 5.94. The molecule has 21 heteroatoms. The molecule has 20 nitrogen and oxygen atoms in total. The highest BCUT2D eigenvalue weighted by Gasteiger charge is 2.48. The molecule has 1 aromatic carbocycles. The lowest BCUT2D eigenvalue weighted by Crippen LogP contribution is -2.60. The first-order valence-electron chi connectivity index (χ1n) is 12.6. The van der Waals surface area contributed by atoms with Crippen LogP contribution in [0.15, 0.2) is 24.3 Å². The molecule has 1 aliphatic heterocycles. The monoisotopic (exact) mass is 668 g/mol. The van der Waals surface area contributed by atoms with Crippen LogP contribution in [-0.2, 0) is 20.7 Å². The minimum absolute atomic E-state index is 0.256. The molecule has 1 aromatic rings. The summed E-state index contributed by atoms with van der Waals surface area (Å²) in [6, 6.07) is 6.61. The minimum atomic E-state index is -4.64. The maximum atomic E-state index is 10.5. The number of aliphatic carboxylic acids is 1. The Labute approximate surface area is 249 Å². The minimum Gasteiger partial charge on any atom is -0.479 e. The number of carboxylic acids is 1. The molecular formula is C23H41O20P. The van der Waals surface area contributed by atoms with Crippen molar-refractivity contribution >= 4 is 13.8 Å². The van der Waals surface area contributed by atoms with Crippen molar-refractivity contribution in [3.8, 4) is 5.75 Å². The number of rotatable bonds is 7. The Bertz CT molecular complexity index is 981. The fraction of sp³-hybridized carbons (Fsp3) is 0.696. The molecule has 3 rings (SSSR count). The van der Waals surface area contributed by atoms with Gasteiger partial charge >= 0.3 is 13.8 Å². The van der Waals surface area contributed by atoms with E-state index in [0.29, 0.717) is 11.3 Å². The van der Waals surface area contributed by atoms with Crippen LogP contribution in [0, 0.1) is 0 Å². The molecule has 2 fully saturated rings. The second-order valence-corrected chi connectivity index (χ2v) is 10.5. The Hall–Kier alpha value is -1.92. The summed E-state index contributed by atoms with van der Waals surface area (Å²) in [7, 11) is -4.64. The summed E-state index contributed by atoms with van der Waals surface area (Å²) in [5, 5.41) is 117. The lowest BCUT2D eigenvalue weighted by atomic mass is 9.80. The van der Waals surface area contributed by atoms with Gasteiger partial charge in [-0.1, -0.05) is 18.2 Å². The van der Waals surface area contributed by atoms with Crippen molar-refractivity contribution in [1.82, 2.24) is 0 Å². The number of para-hydroxylation sites is 1. The summed E-state index contributed by atoms with van der Waals surface area (Å²) in [6.07, 6.45) is -12.8. The highest BCUT2D eigenvalue weighted by Crippen LogP contribution is 2.29. The van der Waals surface area contributed by atoms with Gasteiger partial charge in [0, 0.05) is 18.4 Å². The quantitative estimate of drug-likeness (QED) is 0.120. The molecule has 0 amide bonds. The lowest BCUT2D eigenvalue weighted by Gasteiger charge is -2.39. The lowest BCUT2D eigenvalue weighted by molar-refractivity contribution is -0.277. The molecule has 9 atom stereocenters. The van der Waals surface area contributed by atoms with Gasteiger partial charge in [0.25, 0.3) is 0 Å².